The summed E-state index contributed by atoms with van der Waals surface area (Å²) in [5, 5.41) is 15.5. The second kappa shape index (κ2) is 4.62. The van der Waals surface area contributed by atoms with E-state index in [4.69, 9.17) is 5.73 Å². The Morgan fingerprint density at radius 2 is 2.09 bits per heavy atom. The first-order valence-electron chi connectivity index (χ1n) is 6.68. The van der Waals surface area contributed by atoms with E-state index in [1.165, 1.54) is 0 Å². The first kappa shape index (κ1) is 12.5. The van der Waals surface area contributed by atoms with Crippen molar-refractivity contribution in [2.75, 3.05) is 5.73 Å². The molecule has 0 unspecified atom stereocenters. The van der Waals surface area contributed by atoms with E-state index in [0.717, 1.165) is 27.9 Å². The monoisotopic (exact) mass is 292 g/mol. The van der Waals surface area contributed by atoms with Crippen LogP contribution in [-0.2, 0) is 0 Å². The third-order valence-electron chi connectivity index (χ3n) is 3.47. The second-order valence-corrected chi connectivity index (χ2v) is 4.86. The van der Waals surface area contributed by atoms with Crippen molar-refractivity contribution < 1.29 is 0 Å². The molecule has 0 aliphatic rings. The Hall–Kier alpha value is -3.29. The molecule has 3 aromatic heterocycles. The number of nitrogens with one attached hydrogen (secondary N) is 1. The van der Waals surface area contributed by atoms with E-state index in [0.29, 0.717) is 5.82 Å². The molecule has 0 fully saturated rings. The lowest BCUT2D eigenvalue weighted by atomic mass is 10.1. The van der Waals surface area contributed by atoms with Crippen LogP contribution in [-0.4, -0.2) is 35.2 Å². The number of hydrogen-bond acceptors (Lipinski definition) is 6. The molecule has 3 N–H and O–H groups in total. The van der Waals surface area contributed by atoms with E-state index in [9.17, 15) is 0 Å². The van der Waals surface area contributed by atoms with Crippen molar-refractivity contribution in [2.24, 2.45) is 0 Å². The Kier molecular flexibility index (Phi) is 2.62. The van der Waals surface area contributed by atoms with Crippen molar-refractivity contribution in [3.63, 3.8) is 0 Å². The van der Waals surface area contributed by atoms with Crippen molar-refractivity contribution in [3.8, 4) is 16.9 Å². The smallest absolute Gasteiger partial charge is 0.222 e. The van der Waals surface area contributed by atoms with Crippen LogP contribution in [0.3, 0.4) is 0 Å². The van der Waals surface area contributed by atoms with E-state index in [2.05, 4.69) is 30.5 Å². The van der Waals surface area contributed by atoms with Gasteiger partial charge in [-0.05, 0) is 13.0 Å². The number of hydrogen-bond donors (Lipinski definition) is 2. The van der Waals surface area contributed by atoms with Gasteiger partial charge >= 0.3 is 0 Å². The number of rotatable bonds is 2. The van der Waals surface area contributed by atoms with Crippen LogP contribution >= 0.6 is 0 Å². The summed E-state index contributed by atoms with van der Waals surface area (Å²) in [6.45, 7) is 1.97. The van der Waals surface area contributed by atoms with Crippen molar-refractivity contribution in [1.82, 2.24) is 35.2 Å². The fourth-order valence-electron chi connectivity index (χ4n) is 2.44. The zero-order valence-electron chi connectivity index (χ0n) is 11.7. The van der Waals surface area contributed by atoms with Crippen LogP contribution in [0.25, 0.3) is 28.0 Å². The van der Waals surface area contributed by atoms with Gasteiger partial charge in [-0.15, -0.1) is 5.10 Å². The molecule has 0 bridgehead atoms. The standard InChI is InChI=1S/C14H12N8/c1-8-10(7-17-19-8)9-3-2-4-11-13(9)20-21-22(11)12-5-6-16-14(15)18-12/h2-7H,1H3,(H,17,19)(H2,15,16,18). The Bertz CT molecular complexity index is 968. The van der Waals surface area contributed by atoms with E-state index in [-0.39, 0.29) is 5.95 Å². The number of nitrogens with zero attached hydrogens (tertiary/aromatic N) is 6. The van der Waals surface area contributed by atoms with Crippen molar-refractivity contribution in [1.29, 1.82) is 0 Å². The van der Waals surface area contributed by atoms with E-state index < -0.39 is 0 Å². The topological polar surface area (TPSA) is 111 Å². The van der Waals surface area contributed by atoms with E-state index >= 15 is 0 Å². The van der Waals surface area contributed by atoms with Gasteiger partial charge in [0.25, 0.3) is 0 Å². The van der Waals surface area contributed by atoms with Gasteiger partial charge in [-0.25, -0.2) is 4.98 Å². The molecule has 8 heteroatoms. The lowest BCUT2D eigenvalue weighted by Crippen LogP contribution is -2.03. The molecule has 0 aliphatic heterocycles. The normalized spacial score (nSPS) is 11.1. The summed E-state index contributed by atoms with van der Waals surface area (Å²) in [6.07, 6.45) is 3.38. The van der Waals surface area contributed by atoms with Crippen molar-refractivity contribution in [3.05, 3.63) is 42.4 Å². The number of aryl methyl sites for hydroxylation is 1. The van der Waals surface area contributed by atoms with Crippen LogP contribution in [0.15, 0.2) is 36.7 Å². The summed E-state index contributed by atoms with van der Waals surface area (Å²) in [5.41, 5.74) is 10.2. The third-order valence-corrected chi connectivity index (χ3v) is 3.47. The van der Waals surface area contributed by atoms with Gasteiger partial charge in [-0.1, -0.05) is 17.3 Å². The van der Waals surface area contributed by atoms with Crippen LogP contribution in [0.1, 0.15) is 5.69 Å². The second-order valence-electron chi connectivity index (χ2n) is 4.86. The number of nitrogens with two attached hydrogens (primary N) is 1. The third kappa shape index (κ3) is 1.81. The molecule has 22 heavy (non-hydrogen) atoms. The zero-order valence-corrected chi connectivity index (χ0v) is 11.7. The summed E-state index contributed by atoms with van der Waals surface area (Å²) in [4.78, 5) is 8.08. The number of H-pyrrole nitrogens is 1. The molecular formula is C14H12N8. The number of fused-ring (bicyclic) bond motifs is 1. The van der Waals surface area contributed by atoms with Crippen LogP contribution in [0.4, 0.5) is 5.95 Å². The molecule has 0 radical (unpaired) electrons. The Labute approximate surface area is 125 Å². The first-order chi connectivity index (χ1) is 10.7. The van der Waals surface area contributed by atoms with Crippen LogP contribution in [0.5, 0.6) is 0 Å². The first-order valence-corrected chi connectivity index (χ1v) is 6.68. The molecule has 0 saturated heterocycles. The molecule has 0 atom stereocenters. The van der Waals surface area contributed by atoms with Crippen molar-refractivity contribution >= 4 is 17.0 Å². The molecule has 0 saturated carbocycles. The summed E-state index contributed by atoms with van der Waals surface area (Å²) >= 11 is 0. The van der Waals surface area contributed by atoms with Gasteiger partial charge in [0.2, 0.25) is 5.95 Å². The average Bonchev–Trinajstić information content (AvgIpc) is 3.13. The molecular weight excluding hydrogens is 280 g/mol. The van der Waals surface area contributed by atoms with E-state index in [1.807, 2.05) is 25.1 Å². The van der Waals surface area contributed by atoms with E-state index in [1.54, 1.807) is 23.1 Å². The summed E-state index contributed by atoms with van der Waals surface area (Å²) < 4.78 is 1.65. The van der Waals surface area contributed by atoms with Gasteiger partial charge in [0.05, 0.1) is 11.7 Å². The highest BCUT2D eigenvalue weighted by Crippen LogP contribution is 2.29. The predicted molar refractivity (Wildman–Crippen MR) is 81.2 cm³/mol. The minimum Gasteiger partial charge on any atom is -0.368 e. The Morgan fingerprint density at radius 1 is 1.18 bits per heavy atom. The van der Waals surface area contributed by atoms with Gasteiger partial charge in [-0.2, -0.15) is 14.8 Å². The minimum absolute atomic E-state index is 0.197. The molecule has 1 aromatic carbocycles. The van der Waals surface area contributed by atoms with Crippen molar-refractivity contribution in [2.45, 2.75) is 6.92 Å². The van der Waals surface area contributed by atoms with Gasteiger partial charge in [0.15, 0.2) is 5.82 Å². The quantitative estimate of drug-likeness (QED) is 0.579. The molecule has 4 aromatic rings. The van der Waals surface area contributed by atoms with Crippen LogP contribution in [0, 0.1) is 6.92 Å². The minimum atomic E-state index is 0.197. The molecule has 8 nitrogen and oxygen atoms in total. The predicted octanol–water partition coefficient (Wildman–Crippen LogP) is 1.49. The number of aromatic nitrogens is 7. The maximum Gasteiger partial charge on any atom is 0.222 e. The lowest BCUT2D eigenvalue weighted by Gasteiger charge is -2.03. The Balaban J connectivity index is 1.96. The fraction of sp³-hybridized carbons (Fsp3) is 0.0714. The lowest BCUT2D eigenvalue weighted by molar-refractivity contribution is 0.799. The summed E-state index contributed by atoms with van der Waals surface area (Å²) in [7, 11) is 0. The number of aromatic amines is 1. The van der Waals surface area contributed by atoms with Crippen LogP contribution < -0.4 is 5.73 Å². The highest BCUT2D eigenvalue weighted by Gasteiger charge is 2.14. The van der Waals surface area contributed by atoms with Gasteiger partial charge in [0.1, 0.15) is 5.52 Å². The molecule has 0 spiro atoms. The zero-order chi connectivity index (χ0) is 15.1. The number of benzene rings is 1. The fourth-order valence-corrected chi connectivity index (χ4v) is 2.44. The molecule has 0 aliphatic carbocycles. The molecule has 3 heterocycles. The average molecular weight is 292 g/mol. The summed E-state index contributed by atoms with van der Waals surface area (Å²) in [5.74, 6) is 0.777. The molecule has 0 amide bonds. The number of nitrogen functional groups attached to an aromatic ring is 1. The largest absolute Gasteiger partial charge is 0.368 e. The summed E-state index contributed by atoms with van der Waals surface area (Å²) in [6, 6.07) is 7.62. The molecule has 4 rings (SSSR count). The maximum atomic E-state index is 5.64. The van der Waals surface area contributed by atoms with Gasteiger partial charge in [0, 0.05) is 29.1 Å². The van der Waals surface area contributed by atoms with Gasteiger partial charge < -0.3 is 5.73 Å². The highest BCUT2D eigenvalue weighted by atomic mass is 15.4. The maximum absolute atomic E-state index is 5.64. The van der Waals surface area contributed by atoms with Gasteiger partial charge in [-0.3, -0.25) is 5.10 Å². The SMILES string of the molecule is Cc1[nH]ncc1-c1cccc2c1nnn2-c1ccnc(N)n1. The highest BCUT2D eigenvalue weighted by molar-refractivity contribution is 5.92. The number of anilines is 1. The van der Waals surface area contributed by atoms with Crippen LogP contribution in [0.2, 0.25) is 0 Å². The Morgan fingerprint density at radius 3 is 2.86 bits per heavy atom. The molecule has 108 valence electrons.